The Bertz CT molecular complexity index is 771. The lowest BCUT2D eigenvalue weighted by Crippen LogP contribution is -2.66. The highest BCUT2D eigenvalue weighted by Crippen LogP contribution is 2.24. The Morgan fingerprint density at radius 1 is 1.13 bits per heavy atom. The molecule has 23 heavy (non-hydrogen) atoms. The van der Waals surface area contributed by atoms with Gasteiger partial charge in [0.05, 0.1) is 13.1 Å². The van der Waals surface area contributed by atoms with Crippen molar-refractivity contribution in [2.75, 3.05) is 19.7 Å². The zero-order valence-corrected chi connectivity index (χ0v) is 12.6. The summed E-state index contributed by atoms with van der Waals surface area (Å²) in [4.78, 5) is 30.7. The first-order valence-corrected chi connectivity index (χ1v) is 7.65. The Balaban J connectivity index is 1.62. The molecular weight excluding hydrogens is 294 g/mol. The molecule has 2 saturated heterocycles. The predicted molar refractivity (Wildman–Crippen MR) is 84.0 cm³/mol. The molecule has 0 bridgehead atoms. The lowest BCUT2D eigenvalue weighted by Gasteiger charge is -2.44. The van der Waals surface area contributed by atoms with Crippen LogP contribution in [0.3, 0.4) is 0 Å². The molecule has 1 unspecified atom stereocenters. The summed E-state index contributed by atoms with van der Waals surface area (Å²) in [5.41, 5.74) is 1.13. The molecule has 2 aliphatic rings. The second-order valence-electron chi connectivity index (χ2n) is 5.79. The number of nitrogens with zero attached hydrogens (tertiary/aromatic N) is 2. The Kier molecular flexibility index (Phi) is 3.48. The fourth-order valence-electron chi connectivity index (χ4n) is 3.20. The van der Waals surface area contributed by atoms with Gasteiger partial charge < -0.3 is 10.2 Å². The maximum absolute atomic E-state index is 12.0. The molecule has 4 rings (SSSR count). The highest BCUT2D eigenvalue weighted by Gasteiger charge is 2.39. The van der Waals surface area contributed by atoms with Gasteiger partial charge in [-0.15, -0.1) is 0 Å². The zero-order valence-electron chi connectivity index (χ0n) is 12.6. The second-order valence-corrected chi connectivity index (χ2v) is 5.79. The molecule has 2 aromatic rings. The number of carbonyl (C=O) groups is 2. The molecule has 6 nitrogen and oxygen atoms in total. The van der Waals surface area contributed by atoms with E-state index in [1.165, 1.54) is 10.8 Å². The predicted octanol–water partition coefficient (Wildman–Crippen LogP) is 0.871. The minimum Gasteiger partial charge on any atom is -0.351 e. The molecule has 0 spiro atoms. The van der Waals surface area contributed by atoms with Crippen LogP contribution in [0, 0.1) is 0 Å². The van der Waals surface area contributed by atoms with Gasteiger partial charge in [0.25, 0.3) is 5.91 Å². The average Bonchev–Trinajstić information content (AvgIpc) is 2.58. The van der Waals surface area contributed by atoms with Gasteiger partial charge in [-0.2, -0.15) is 5.06 Å². The standard InChI is InChI=1S/C17H17N3O3/c21-15-10-19-16(8-18-15)20(23-11-17(19)22)9-13-6-3-5-12-4-1-2-7-14(12)13/h1-7,16H,8-11H2,(H,18,21). The van der Waals surface area contributed by atoms with Gasteiger partial charge in [0.1, 0.15) is 19.3 Å². The highest BCUT2D eigenvalue weighted by molar-refractivity contribution is 5.87. The molecule has 2 aromatic carbocycles. The van der Waals surface area contributed by atoms with Crippen molar-refractivity contribution in [3.8, 4) is 0 Å². The van der Waals surface area contributed by atoms with Crippen molar-refractivity contribution in [2.45, 2.75) is 12.7 Å². The van der Waals surface area contributed by atoms with Gasteiger partial charge in [-0.25, -0.2) is 0 Å². The van der Waals surface area contributed by atoms with Crippen LogP contribution in [0.5, 0.6) is 0 Å². The van der Waals surface area contributed by atoms with Gasteiger partial charge in [0.2, 0.25) is 5.91 Å². The fraction of sp³-hybridized carbons (Fsp3) is 0.294. The summed E-state index contributed by atoms with van der Waals surface area (Å²) in [7, 11) is 0. The molecule has 0 aliphatic carbocycles. The fourth-order valence-corrected chi connectivity index (χ4v) is 3.20. The quantitative estimate of drug-likeness (QED) is 0.894. The first kappa shape index (κ1) is 14.2. The summed E-state index contributed by atoms with van der Waals surface area (Å²) in [6.07, 6.45) is -0.257. The van der Waals surface area contributed by atoms with Crippen molar-refractivity contribution in [1.82, 2.24) is 15.3 Å². The van der Waals surface area contributed by atoms with Crippen LogP contribution in [0.2, 0.25) is 0 Å². The van der Waals surface area contributed by atoms with Gasteiger partial charge in [-0.1, -0.05) is 42.5 Å². The van der Waals surface area contributed by atoms with E-state index < -0.39 is 0 Å². The highest BCUT2D eigenvalue weighted by atomic mass is 16.7. The SMILES string of the molecule is O=C1CN2C(=O)CON(Cc3cccc4ccccc34)C2CN1. The smallest absolute Gasteiger partial charge is 0.252 e. The molecule has 1 N–H and O–H groups in total. The van der Waals surface area contributed by atoms with Crippen molar-refractivity contribution >= 4 is 22.6 Å². The summed E-state index contributed by atoms with van der Waals surface area (Å²) in [6, 6.07) is 14.3. The van der Waals surface area contributed by atoms with E-state index in [-0.39, 0.29) is 31.1 Å². The third-order valence-electron chi connectivity index (χ3n) is 4.37. The molecule has 6 heteroatoms. The van der Waals surface area contributed by atoms with Crippen LogP contribution in [0.25, 0.3) is 10.8 Å². The normalized spacial score (nSPS) is 22.1. The topological polar surface area (TPSA) is 61.9 Å². The van der Waals surface area contributed by atoms with Gasteiger partial charge in [-0.05, 0) is 16.3 Å². The molecule has 0 aromatic heterocycles. The number of carbonyl (C=O) groups excluding carboxylic acids is 2. The Morgan fingerprint density at radius 2 is 1.96 bits per heavy atom. The van der Waals surface area contributed by atoms with Gasteiger partial charge in [-0.3, -0.25) is 14.4 Å². The number of hydroxylamine groups is 2. The van der Waals surface area contributed by atoms with Crippen LogP contribution in [-0.2, 0) is 21.0 Å². The van der Waals surface area contributed by atoms with Gasteiger partial charge in [0, 0.05) is 0 Å². The molecule has 118 valence electrons. The third kappa shape index (κ3) is 2.56. The monoisotopic (exact) mass is 311 g/mol. The lowest BCUT2D eigenvalue weighted by atomic mass is 10.0. The molecule has 2 amide bonds. The van der Waals surface area contributed by atoms with E-state index in [4.69, 9.17) is 4.84 Å². The number of rotatable bonds is 2. The van der Waals surface area contributed by atoms with Crippen LogP contribution in [0.1, 0.15) is 5.56 Å². The minimum atomic E-state index is -0.257. The minimum absolute atomic E-state index is 0.0193. The summed E-state index contributed by atoms with van der Waals surface area (Å²) in [6.45, 7) is 1.02. The zero-order chi connectivity index (χ0) is 15.8. The summed E-state index contributed by atoms with van der Waals surface area (Å²) in [5.74, 6) is -0.263. The van der Waals surface area contributed by atoms with Crippen molar-refractivity contribution in [3.63, 3.8) is 0 Å². The lowest BCUT2D eigenvalue weighted by molar-refractivity contribution is -0.254. The number of amides is 2. The van der Waals surface area contributed by atoms with Crippen LogP contribution in [0.15, 0.2) is 42.5 Å². The van der Waals surface area contributed by atoms with Crippen molar-refractivity contribution in [3.05, 3.63) is 48.0 Å². The molecule has 0 radical (unpaired) electrons. The summed E-state index contributed by atoms with van der Waals surface area (Å²) < 4.78 is 0. The van der Waals surface area contributed by atoms with Crippen LogP contribution >= 0.6 is 0 Å². The molecule has 2 fully saturated rings. The van der Waals surface area contributed by atoms with Crippen molar-refractivity contribution in [1.29, 1.82) is 0 Å². The summed E-state index contributed by atoms with van der Waals surface area (Å²) in [5, 5.41) is 6.94. The average molecular weight is 311 g/mol. The molecule has 2 heterocycles. The van der Waals surface area contributed by atoms with E-state index >= 15 is 0 Å². The Hall–Kier alpha value is -2.44. The number of benzene rings is 2. The van der Waals surface area contributed by atoms with E-state index in [1.807, 2.05) is 18.2 Å². The Labute approximate surface area is 133 Å². The van der Waals surface area contributed by atoms with E-state index in [2.05, 4.69) is 29.6 Å². The van der Waals surface area contributed by atoms with Crippen molar-refractivity contribution in [2.24, 2.45) is 0 Å². The number of hydrogen-bond acceptors (Lipinski definition) is 4. The van der Waals surface area contributed by atoms with Crippen LogP contribution < -0.4 is 5.32 Å². The van der Waals surface area contributed by atoms with Crippen molar-refractivity contribution < 1.29 is 14.4 Å². The van der Waals surface area contributed by atoms with E-state index in [1.54, 1.807) is 9.96 Å². The largest absolute Gasteiger partial charge is 0.351 e. The first-order chi connectivity index (χ1) is 11.2. The maximum atomic E-state index is 12.0. The van der Waals surface area contributed by atoms with Gasteiger partial charge >= 0.3 is 0 Å². The van der Waals surface area contributed by atoms with Crippen LogP contribution in [0.4, 0.5) is 0 Å². The van der Waals surface area contributed by atoms with Gasteiger partial charge in [0.15, 0.2) is 0 Å². The summed E-state index contributed by atoms with van der Waals surface area (Å²) >= 11 is 0. The number of nitrogens with one attached hydrogen (secondary N) is 1. The molecular formula is C17H17N3O3. The molecule has 2 aliphatic heterocycles. The second kappa shape index (κ2) is 5.64. The third-order valence-corrected chi connectivity index (χ3v) is 4.37. The van der Waals surface area contributed by atoms with Crippen LogP contribution in [-0.4, -0.2) is 47.6 Å². The maximum Gasteiger partial charge on any atom is 0.252 e. The molecule has 0 saturated carbocycles. The van der Waals surface area contributed by atoms with E-state index in [0.29, 0.717) is 13.1 Å². The van der Waals surface area contributed by atoms with E-state index in [0.717, 1.165) is 5.56 Å². The molecule has 1 atom stereocenters. The number of hydrogen-bond donors (Lipinski definition) is 1. The number of fused-ring (bicyclic) bond motifs is 2. The number of piperazine rings is 1. The van der Waals surface area contributed by atoms with E-state index in [9.17, 15) is 9.59 Å². The Morgan fingerprint density at radius 3 is 2.87 bits per heavy atom. The first-order valence-electron chi connectivity index (χ1n) is 7.65.